The molecule has 2 aromatic carbocycles. The number of pyridine rings is 1. The Morgan fingerprint density at radius 2 is 1.61 bits per heavy atom. The van der Waals surface area contributed by atoms with Crippen LogP contribution < -0.4 is 10.2 Å². The molecule has 1 unspecified atom stereocenters. The van der Waals surface area contributed by atoms with Gasteiger partial charge in [0.25, 0.3) is 5.91 Å². The van der Waals surface area contributed by atoms with E-state index in [1.54, 1.807) is 11.1 Å². The minimum absolute atomic E-state index is 0.0492. The summed E-state index contributed by atoms with van der Waals surface area (Å²) in [6.45, 7) is 0. The van der Waals surface area contributed by atoms with Crippen molar-refractivity contribution >= 4 is 17.4 Å². The molecule has 1 aromatic heterocycles. The highest BCUT2D eigenvalue weighted by atomic mass is 16.2. The summed E-state index contributed by atoms with van der Waals surface area (Å²) in [4.78, 5) is 19.1. The number of carbonyl (C=O) groups excluding carboxylic acids is 1. The highest BCUT2D eigenvalue weighted by molar-refractivity contribution is 6.11. The third-order valence-corrected chi connectivity index (χ3v) is 3.94. The number of nitrogens with zero attached hydrogens (tertiary/aromatic N) is 2. The van der Waals surface area contributed by atoms with Crippen LogP contribution in [-0.4, -0.2) is 10.9 Å². The highest BCUT2D eigenvalue weighted by Gasteiger charge is 2.34. The first kappa shape index (κ1) is 13.5. The first-order valence-corrected chi connectivity index (χ1v) is 7.50. The molecule has 0 bridgehead atoms. The van der Waals surface area contributed by atoms with Gasteiger partial charge in [0.2, 0.25) is 0 Å². The van der Waals surface area contributed by atoms with E-state index >= 15 is 0 Å². The second-order valence-electron chi connectivity index (χ2n) is 5.37. The minimum atomic E-state index is -0.284. The summed E-state index contributed by atoms with van der Waals surface area (Å²) in [6.07, 6.45) is 1.42. The molecule has 1 aliphatic rings. The van der Waals surface area contributed by atoms with E-state index in [9.17, 15) is 4.79 Å². The molecule has 0 spiro atoms. The fraction of sp³-hybridized carbons (Fsp3) is 0.0526. The van der Waals surface area contributed by atoms with Gasteiger partial charge in [0.15, 0.2) is 0 Å². The second-order valence-corrected chi connectivity index (χ2v) is 5.37. The lowest BCUT2D eigenvalue weighted by atomic mass is 10.0. The van der Waals surface area contributed by atoms with Gasteiger partial charge in [-0.2, -0.15) is 0 Å². The Morgan fingerprint density at radius 3 is 2.39 bits per heavy atom. The van der Waals surface area contributed by atoms with Crippen LogP contribution in [0.3, 0.4) is 0 Å². The number of nitrogens with one attached hydrogen (secondary N) is 1. The van der Waals surface area contributed by atoms with Gasteiger partial charge in [-0.15, -0.1) is 0 Å². The molecular weight excluding hydrogens is 286 g/mol. The number of aromatic nitrogens is 1. The number of fused-ring (bicyclic) bond motifs is 1. The van der Waals surface area contributed by atoms with Crippen LogP contribution in [-0.2, 0) is 0 Å². The molecule has 0 fully saturated rings. The van der Waals surface area contributed by atoms with E-state index in [1.807, 2.05) is 72.8 Å². The van der Waals surface area contributed by atoms with Crippen LogP contribution in [0.1, 0.15) is 22.1 Å². The molecule has 4 rings (SSSR count). The summed E-state index contributed by atoms with van der Waals surface area (Å²) in [7, 11) is 0. The molecule has 23 heavy (non-hydrogen) atoms. The predicted octanol–water partition coefficient (Wildman–Crippen LogP) is 3.85. The first-order chi connectivity index (χ1) is 11.3. The molecule has 1 amide bonds. The molecule has 112 valence electrons. The maximum atomic E-state index is 13.0. The van der Waals surface area contributed by atoms with Crippen molar-refractivity contribution in [3.8, 4) is 0 Å². The molecule has 1 atom stereocenters. The van der Waals surface area contributed by atoms with E-state index in [-0.39, 0.29) is 12.1 Å². The van der Waals surface area contributed by atoms with Crippen molar-refractivity contribution in [1.82, 2.24) is 4.98 Å². The number of carbonyl (C=O) groups is 1. The average Bonchev–Trinajstić information content (AvgIpc) is 2.63. The number of benzene rings is 2. The normalized spacial score (nSPS) is 16.6. The Labute approximate surface area is 134 Å². The zero-order valence-corrected chi connectivity index (χ0v) is 12.4. The Bertz CT molecular complexity index is 834. The molecule has 0 saturated heterocycles. The number of rotatable bonds is 2. The zero-order valence-electron chi connectivity index (χ0n) is 12.4. The summed E-state index contributed by atoms with van der Waals surface area (Å²) < 4.78 is 0. The Kier molecular flexibility index (Phi) is 3.27. The number of hydrogen-bond donors (Lipinski definition) is 1. The van der Waals surface area contributed by atoms with Gasteiger partial charge in [-0.05, 0) is 29.8 Å². The maximum Gasteiger partial charge on any atom is 0.263 e. The Hall–Kier alpha value is -3.14. The van der Waals surface area contributed by atoms with E-state index in [1.165, 1.54) is 0 Å². The SMILES string of the molecule is O=C1c2ccccc2NC(c2ccccc2)N1c1ccccn1. The number of hydrogen-bond acceptors (Lipinski definition) is 3. The van der Waals surface area contributed by atoms with Crippen LogP contribution in [0, 0.1) is 0 Å². The van der Waals surface area contributed by atoms with Crippen LogP contribution in [0.2, 0.25) is 0 Å². The largest absolute Gasteiger partial charge is 0.360 e. The summed E-state index contributed by atoms with van der Waals surface area (Å²) in [6, 6.07) is 23.1. The van der Waals surface area contributed by atoms with Gasteiger partial charge >= 0.3 is 0 Å². The lowest BCUT2D eigenvalue weighted by molar-refractivity contribution is 0.0974. The van der Waals surface area contributed by atoms with Gasteiger partial charge in [-0.3, -0.25) is 9.69 Å². The van der Waals surface area contributed by atoms with E-state index in [0.717, 1.165) is 11.3 Å². The third kappa shape index (κ3) is 2.34. The average molecular weight is 301 g/mol. The van der Waals surface area contributed by atoms with Gasteiger partial charge in [-0.25, -0.2) is 4.98 Å². The Balaban J connectivity index is 1.87. The van der Waals surface area contributed by atoms with Crippen molar-refractivity contribution in [2.45, 2.75) is 6.17 Å². The van der Waals surface area contributed by atoms with Crippen molar-refractivity contribution in [3.63, 3.8) is 0 Å². The van der Waals surface area contributed by atoms with Crippen molar-refractivity contribution in [3.05, 3.63) is 90.1 Å². The number of para-hydroxylation sites is 1. The zero-order chi connectivity index (χ0) is 15.6. The van der Waals surface area contributed by atoms with Crippen molar-refractivity contribution < 1.29 is 4.79 Å². The molecule has 1 N–H and O–H groups in total. The van der Waals surface area contributed by atoms with E-state index in [2.05, 4.69) is 10.3 Å². The van der Waals surface area contributed by atoms with Gasteiger partial charge in [0.1, 0.15) is 12.0 Å². The van der Waals surface area contributed by atoms with E-state index in [4.69, 9.17) is 0 Å². The molecule has 3 aromatic rings. The van der Waals surface area contributed by atoms with Crippen LogP contribution >= 0.6 is 0 Å². The molecule has 4 heteroatoms. The second kappa shape index (κ2) is 5.57. The summed E-state index contributed by atoms with van der Waals surface area (Å²) >= 11 is 0. The monoisotopic (exact) mass is 301 g/mol. The highest BCUT2D eigenvalue weighted by Crippen LogP contribution is 2.35. The summed E-state index contributed by atoms with van der Waals surface area (Å²) in [5.41, 5.74) is 2.52. The summed E-state index contributed by atoms with van der Waals surface area (Å²) in [5.74, 6) is 0.584. The topological polar surface area (TPSA) is 45.2 Å². The van der Waals surface area contributed by atoms with Crippen molar-refractivity contribution in [1.29, 1.82) is 0 Å². The summed E-state index contributed by atoms with van der Waals surface area (Å²) in [5, 5.41) is 3.46. The molecular formula is C19H15N3O. The quantitative estimate of drug-likeness (QED) is 0.782. The van der Waals surface area contributed by atoms with E-state index < -0.39 is 0 Å². The van der Waals surface area contributed by atoms with Crippen LogP contribution in [0.5, 0.6) is 0 Å². The van der Waals surface area contributed by atoms with Gasteiger partial charge in [-0.1, -0.05) is 48.5 Å². The van der Waals surface area contributed by atoms with E-state index in [0.29, 0.717) is 11.4 Å². The fourth-order valence-corrected chi connectivity index (χ4v) is 2.85. The number of anilines is 2. The first-order valence-electron chi connectivity index (χ1n) is 7.50. The fourth-order valence-electron chi connectivity index (χ4n) is 2.85. The molecule has 0 radical (unpaired) electrons. The van der Waals surface area contributed by atoms with Crippen molar-refractivity contribution in [2.75, 3.05) is 10.2 Å². The van der Waals surface area contributed by atoms with Crippen LogP contribution in [0.15, 0.2) is 79.0 Å². The van der Waals surface area contributed by atoms with Gasteiger partial charge in [0.05, 0.1) is 5.56 Å². The molecule has 0 aliphatic carbocycles. The van der Waals surface area contributed by atoms with Gasteiger partial charge in [0, 0.05) is 11.9 Å². The molecule has 4 nitrogen and oxygen atoms in total. The Morgan fingerprint density at radius 1 is 0.870 bits per heavy atom. The molecule has 1 aliphatic heterocycles. The predicted molar refractivity (Wildman–Crippen MR) is 90.3 cm³/mol. The minimum Gasteiger partial charge on any atom is -0.360 e. The van der Waals surface area contributed by atoms with Crippen molar-refractivity contribution in [2.24, 2.45) is 0 Å². The molecule has 0 saturated carbocycles. The standard InChI is InChI=1S/C19H15N3O/c23-19-15-10-4-5-11-16(15)21-18(14-8-2-1-3-9-14)22(19)17-12-6-7-13-20-17/h1-13,18,21H. The lowest BCUT2D eigenvalue weighted by Gasteiger charge is -2.37. The maximum absolute atomic E-state index is 13.0. The number of amides is 1. The molecule has 2 heterocycles. The van der Waals surface area contributed by atoms with Crippen LogP contribution in [0.25, 0.3) is 0 Å². The van der Waals surface area contributed by atoms with Crippen LogP contribution in [0.4, 0.5) is 11.5 Å². The third-order valence-electron chi connectivity index (χ3n) is 3.94. The van der Waals surface area contributed by atoms with Gasteiger partial charge < -0.3 is 5.32 Å². The lowest BCUT2D eigenvalue weighted by Crippen LogP contribution is -2.43. The smallest absolute Gasteiger partial charge is 0.263 e.